The second-order valence-corrected chi connectivity index (χ2v) is 12.6. The number of ether oxygens (including phenoxy) is 2. The molecule has 266 valence electrons. The minimum absolute atomic E-state index is 0.0337. The molecular weight excluding hydrogens is 680 g/mol. The van der Waals surface area contributed by atoms with Gasteiger partial charge in [0.05, 0.1) is 47.1 Å². The lowest BCUT2D eigenvalue weighted by Gasteiger charge is -2.33. The number of hydrogen-bond acceptors (Lipinski definition) is 9. The molecule has 5 N–H and O–H groups in total. The third kappa shape index (κ3) is 10.2. The van der Waals surface area contributed by atoms with Gasteiger partial charge in [-0.25, -0.2) is 15.8 Å². The van der Waals surface area contributed by atoms with Crippen molar-refractivity contribution in [3.63, 3.8) is 0 Å². The van der Waals surface area contributed by atoms with Crippen LogP contribution in [-0.2, 0) is 20.7 Å². The highest BCUT2D eigenvalue weighted by atomic mass is 32.1. The highest BCUT2D eigenvalue weighted by Crippen LogP contribution is 2.39. The number of thiophene rings is 1. The van der Waals surface area contributed by atoms with Gasteiger partial charge in [0.15, 0.2) is 5.75 Å². The Morgan fingerprint density at radius 3 is 2.68 bits per heavy atom. The van der Waals surface area contributed by atoms with Crippen LogP contribution in [0, 0.1) is 18.4 Å². The van der Waals surface area contributed by atoms with Crippen LogP contribution >= 0.6 is 11.3 Å². The molecule has 2 heterocycles. The Morgan fingerprint density at radius 1 is 1.22 bits per heavy atom. The Kier molecular flexibility index (Phi) is 12.9. The van der Waals surface area contributed by atoms with Crippen LogP contribution in [0.1, 0.15) is 40.1 Å². The molecule has 1 aliphatic heterocycles. The van der Waals surface area contributed by atoms with Gasteiger partial charge in [-0.2, -0.15) is 13.2 Å². The first kappa shape index (κ1) is 37.8. The molecule has 0 spiro atoms. The lowest BCUT2D eigenvalue weighted by molar-refractivity contribution is -0.143. The van der Waals surface area contributed by atoms with Crippen molar-refractivity contribution in [1.82, 2.24) is 10.2 Å². The number of anilines is 2. The Balaban J connectivity index is 1.55. The van der Waals surface area contributed by atoms with Crippen LogP contribution in [0.4, 0.5) is 28.9 Å². The summed E-state index contributed by atoms with van der Waals surface area (Å²) in [4.78, 5) is 41.5. The average molecular weight is 717 g/mol. The molecule has 0 radical (unpaired) electrons. The monoisotopic (exact) mass is 716 g/mol. The Morgan fingerprint density at radius 2 is 2.00 bits per heavy atom. The highest BCUT2D eigenvalue weighted by Gasteiger charge is 2.32. The molecule has 0 aliphatic carbocycles. The molecule has 1 saturated heterocycles. The Labute approximate surface area is 290 Å². The number of primary amides is 1. The van der Waals surface area contributed by atoms with Gasteiger partial charge in [-0.3, -0.25) is 14.4 Å². The van der Waals surface area contributed by atoms with Gasteiger partial charge >= 0.3 is 18.9 Å². The third-order valence-corrected chi connectivity index (χ3v) is 9.05. The number of likely N-dealkylation sites (tertiary alicyclic amines) is 1. The van der Waals surface area contributed by atoms with Gasteiger partial charge in [0.25, 0.3) is 5.91 Å². The molecule has 1 aromatic heterocycles. The molecule has 50 heavy (non-hydrogen) atoms. The summed E-state index contributed by atoms with van der Waals surface area (Å²) >= 11 is 1.10. The summed E-state index contributed by atoms with van der Waals surface area (Å²) in [6.45, 7) is 7.61. The molecule has 0 bridgehead atoms. The SMILES string of the molecule is [C-]#[N+]COc1cc(C(=O)NC(CCC(N)=O)C(=O)OC)ccc1NCC#Cc1sc2c(NC3CCN(C)CC3F)cccc2c1CC(F)(F)F. The molecule has 2 amide bonds. The second-order valence-electron chi connectivity index (χ2n) is 11.6. The predicted molar refractivity (Wildman–Crippen MR) is 182 cm³/mol. The van der Waals surface area contributed by atoms with Crippen LogP contribution in [0.15, 0.2) is 36.4 Å². The summed E-state index contributed by atoms with van der Waals surface area (Å²) in [5.74, 6) is 3.71. The molecule has 3 aromatic rings. The first-order valence-electron chi connectivity index (χ1n) is 15.5. The van der Waals surface area contributed by atoms with E-state index in [0.29, 0.717) is 34.4 Å². The van der Waals surface area contributed by atoms with Crippen molar-refractivity contribution in [3.8, 4) is 17.6 Å². The summed E-state index contributed by atoms with van der Waals surface area (Å²) in [6.07, 6.45) is -6.52. The fourth-order valence-electron chi connectivity index (χ4n) is 5.39. The minimum Gasteiger partial charge on any atom is -0.467 e. The summed E-state index contributed by atoms with van der Waals surface area (Å²) in [6, 6.07) is 7.61. The molecule has 1 aliphatic rings. The number of amides is 2. The van der Waals surface area contributed by atoms with Gasteiger partial charge in [-0.15, -0.1) is 11.3 Å². The molecule has 2 aromatic carbocycles. The smallest absolute Gasteiger partial charge is 0.393 e. The van der Waals surface area contributed by atoms with Crippen molar-refractivity contribution in [3.05, 3.63) is 63.8 Å². The van der Waals surface area contributed by atoms with E-state index in [1.807, 2.05) is 11.9 Å². The molecule has 11 nitrogen and oxygen atoms in total. The van der Waals surface area contributed by atoms with Crippen LogP contribution in [-0.4, -0.2) is 87.6 Å². The zero-order valence-electron chi connectivity index (χ0n) is 27.3. The van der Waals surface area contributed by atoms with Crippen molar-refractivity contribution >= 4 is 50.6 Å². The van der Waals surface area contributed by atoms with Gasteiger partial charge in [-0.05, 0) is 55.1 Å². The summed E-state index contributed by atoms with van der Waals surface area (Å²) in [7, 11) is 2.97. The van der Waals surface area contributed by atoms with E-state index in [0.717, 1.165) is 18.4 Å². The summed E-state index contributed by atoms with van der Waals surface area (Å²) < 4.78 is 66.6. The number of nitrogens with zero attached hydrogens (tertiary/aromatic N) is 2. The van der Waals surface area contributed by atoms with Crippen LogP contribution in [0.25, 0.3) is 14.9 Å². The maximum Gasteiger partial charge on any atom is 0.393 e. The quantitative estimate of drug-likeness (QED) is 0.0864. The van der Waals surface area contributed by atoms with Crippen molar-refractivity contribution in [2.24, 2.45) is 5.73 Å². The van der Waals surface area contributed by atoms with Gasteiger partial charge in [0, 0.05) is 25.1 Å². The number of hydrogen-bond donors (Lipinski definition) is 4. The van der Waals surface area contributed by atoms with Crippen molar-refractivity contribution < 1.29 is 41.4 Å². The molecule has 1 fully saturated rings. The molecule has 3 atom stereocenters. The zero-order valence-corrected chi connectivity index (χ0v) is 28.1. The number of carbonyl (C=O) groups excluding carboxylic acids is 3. The number of halogens is 4. The maximum absolute atomic E-state index is 14.8. The van der Waals surface area contributed by atoms with Crippen LogP contribution in [0.5, 0.6) is 5.75 Å². The standard InChI is InChI=1S/C34H36F4N6O5S/c1-40-19-49-28-16-20(32(46)43-27(33(47)48-3)11-12-30(39)45)9-10-25(28)41-14-5-8-29-22(17-34(36,37)38)21-6-4-7-26(31(21)50-29)42-24-13-15-44(2)18-23(24)35/h4,6-7,9-10,16,23-24,27,41-42H,11-15,17-19H2,2-3H3,(H2,39,45)(H,43,46). The molecule has 16 heteroatoms. The Hall–Kier alpha value is -5.06. The number of rotatable bonds is 13. The van der Waals surface area contributed by atoms with Gasteiger partial charge < -0.3 is 36.1 Å². The van der Waals surface area contributed by atoms with E-state index in [-0.39, 0.29) is 54.4 Å². The van der Waals surface area contributed by atoms with Gasteiger partial charge in [0.2, 0.25) is 5.91 Å². The van der Waals surface area contributed by atoms with Crippen LogP contribution in [0.3, 0.4) is 0 Å². The Bertz CT molecular complexity index is 1820. The molecule has 4 rings (SSSR count). The molecule has 0 saturated carbocycles. The zero-order chi connectivity index (χ0) is 36.4. The largest absolute Gasteiger partial charge is 0.467 e. The van der Waals surface area contributed by atoms with Gasteiger partial charge in [0.1, 0.15) is 12.2 Å². The highest BCUT2D eigenvalue weighted by molar-refractivity contribution is 7.20. The topological polar surface area (TPSA) is 139 Å². The van der Waals surface area contributed by atoms with Crippen LogP contribution < -0.4 is 26.4 Å². The van der Waals surface area contributed by atoms with E-state index < -0.39 is 48.6 Å². The summed E-state index contributed by atoms with van der Waals surface area (Å²) in [5.41, 5.74) is 6.16. The van der Waals surface area contributed by atoms with Crippen molar-refractivity contribution in [1.29, 1.82) is 0 Å². The van der Waals surface area contributed by atoms with E-state index in [9.17, 15) is 31.9 Å². The summed E-state index contributed by atoms with van der Waals surface area (Å²) in [5, 5.41) is 9.10. The number of methoxy groups -OCH3 is 1. The third-order valence-electron chi connectivity index (χ3n) is 7.85. The number of esters is 1. The number of piperidine rings is 1. The lowest BCUT2D eigenvalue weighted by Crippen LogP contribution is -2.46. The van der Waals surface area contributed by atoms with E-state index in [1.165, 1.54) is 18.2 Å². The first-order chi connectivity index (χ1) is 23.8. The lowest BCUT2D eigenvalue weighted by atomic mass is 10.0. The van der Waals surface area contributed by atoms with E-state index in [4.69, 9.17) is 21.8 Å². The number of carbonyl (C=O) groups is 3. The predicted octanol–water partition coefficient (Wildman–Crippen LogP) is 4.72. The van der Waals surface area contributed by atoms with Gasteiger partial charge in [-0.1, -0.05) is 24.0 Å². The number of fused-ring (bicyclic) bond motifs is 1. The average Bonchev–Trinajstić information content (AvgIpc) is 3.41. The fraction of sp³-hybridized carbons (Fsp3) is 0.412. The van der Waals surface area contributed by atoms with E-state index >= 15 is 0 Å². The normalized spacial score (nSPS) is 16.7. The van der Waals surface area contributed by atoms with Crippen LogP contribution in [0.2, 0.25) is 0 Å². The number of benzene rings is 2. The minimum atomic E-state index is -4.49. The van der Waals surface area contributed by atoms with Crippen molar-refractivity contribution in [2.45, 2.75) is 50.1 Å². The van der Waals surface area contributed by atoms with E-state index in [2.05, 4.69) is 32.6 Å². The molecular formula is C34H36F4N6O5S. The fourth-order valence-corrected chi connectivity index (χ4v) is 6.56. The number of nitrogens with one attached hydrogen (secondary N) is 3. The van der Waals surface area contributed by atoms with E-state index in [1.54, 1.807) is 18.2 Å². The first-order valence-corrected chi connectivity index (χ1v) is 16.3. The number of alkyl halides is 4. The second kappa shape index (κ2) is 17.0. The maximum atomic E-state index is 14.8. The molecule has 3 unspecified atom stereocenters. The number of nitrogens with two attached hydrogens (primary N) is 1. The van der Waals surface area contributed by atoms with Crippen molar-refractivity contribution in [2.75, 3.05) is 51.2 Å².